The fourth-order valence-corrected chi connectivity index (χ4v) is 3.03. The second-order valence-corrected chi connectivity index (χ2v) is 7.36. The van der Waals surface area contributed by atoms with Crippen LogP contribution in [0.25, 0.3) is 0 Å². The number of anilines is 1. The van der Waals surface area contributed by atoms with E-state index >= 15 is 0 Å². The second kappa shape index (κ2) is 11.1. The third kappa shape index (κ3) is 7.40. The molecule has 2 rings (SSSR count). The van der Waals surface area contributed by atoms with Crippen molar-refractivity contribution in [1.82, 2.24) is 0 Å². The second-order valence-electron chi connectivity index (χ2n) is 7.36. The summed E-state index contributed by atoms with van der Waals surface area (Å²) in [5.41, 5.74) is 7.77. The van der Waals surface area contributed by atoms with Crippen molar-refractivity contribution < 1.29 is 28.2 Å². The largest absolute Gasteiger partial charge is 0.482 e. The van der Waals surface area contributed by atoms with Crippen molar-refractivity contribution in [3.63, 3.8) is 0 Å². The number of carbonyl (C=O) groups is 3. The Morgan fingerprint density at radius 3 is 2.32 bits per heavy atom. The summed E-state index contributed by atoms with van der Waals surface area (Å²) >= 11 is 0. The minimum absolute atomic E-state index is 0.0185. The molecule has 2 aromatic carbocycles. The van der Waals surface area contributed by atoms with Gasteiger partial charge < -0.3 is 20.1 Å². The lowest BCUT2D eigenvalue weighted by molar-refractivity contribution is -0.149. The van der Waals surface area contributed by atoms with Gasteiger partial charge in [-0.2, -0.15) is 0 Å². The summed E-state index contributed by atoms with van der Waals surface area (Å²) in [4.78, 5) is 36.9. The first kappa shape index (κ1) is 23.9. The fourth-order valence-electron chi connectivity index (χ4n) is 3.03. The standard InChI is InChI=1S/C23H27FN2O5/c1-15(2)20-9-8-19(12-16(20)3)30-14-23(29)31-13-22(28)26(11-10-21(25)27)18-6-4-17(24)5-7-18/h4-9,12,15H,10-11,13-14H2,1-3H3,(H2,25,27). The van der Waals surface area contributed by atoms with E-state index in [1.165, 1.54) is 34.7 Å². The Labute approximate surface area is 180 Å². The third-order valence-corrected chi connectivity index (χ3v) is 4.60. The van der Waals surface area contributed by atoms with Crippen LogP contribution < -0.4 is 15.4 Å². The van der Waals surface area contributed by atoms with Gasteiger partial charge in [0.05, 0.1) is 0 Å². The van der Waals surface area contributed by atoms with Crippen LogP contribution in [0, 0.1) is 12.7 Å². The molecule has 0 radical (unpaired) electrons. The first-order chi connectivity index (χ1) is 14.7. The van der Waals surface area contributed by atoms with Gasteiger partial charge in [-0.1, -0.05) is 19.9 Å². The molecule has 2 amide bonds. The van der Waals surface area contributed by atoms with E-state index in [1.54, 1.807) is 6.07 Å². The predicted molar refractivity (Wildman–Crippen MR) is 114 cm³/mol. The van der Waals surface area contributed by atoms with Gasteiger partial charge in [0.2, 0.25) is 5.91 Å². The molecule has 0 fully saturated rings. The van der Waals surface area contributed by atoms with Gasteiger partial charge >= 0.3 is 5.97 Å². The van der Waals surface area contributed by atoms with Crippen LogP contribution >= 0.6 is 0 Å². The van der Waals surface area contributed by atoms with E-state index in [9.17, 15) is 18.8 Å². The maximum atomic E-state index is 13.2. The normalized spacial score (nSPS) is 10.6. The zero-order valence-corrected chi connectivity index (χ0v) is 17.9. The summed E-state index contributed by atoms with van der Waals surface area (Å²) in [5.74, 6) is -1.44. The smallest absolute Gasteiger partial charge is 0.344 e. The maximum absolute atomic E-state index is 13.2. The fraction of sp³-hybridized carbons (Fsp3) is 0.348. The molecule has 2 N–H and O–H groups in total. The Morgan fingerprint density at radius 2 is 1.74 bits per heavy atom. The van der Waals surface area contributed by atoms with Crippen molar-refractivity contribution in [3.8, 4) is 5.75 Å². The van der Waals surface area contributed by atoms with E-state index in [1.807, 2.05) is 19.1 Å². The van der Waals surface area contributed by atoms with Crippen molar-refractivity contribution in [1.29, 1.82) is 0 Å². The Balaban J connectivity index is 1.92. The first-order valence-electron chi connectivity index (χ1n) is 9.90. The molecule has 7 nitrogen and oxygen atoms in total. The number of nitrogens with two attached hydrogens (primary N) is 1. The van der Waals surface area contributed by atoms with Crippen LogP contribution in [0.2, 0.25) is 0 Å². The van der Waals surface area contributed by atoms with Crippen molar-refractivity contribution in [2.45, 2.75) is 33.1 Å². The molecule has 31 heavy (non-hydrogen) atoms. The van der Waals surface area contributed by atoms with Gasteiger partial charge in [-0.05, 0) is 60.4 Å². The summed E-state index contributed by atoms with van der Waals surface area (Å²) in [7, 11) is 0. The zero-order valence-electron chi connectivity index (χ0n) is 17.9. The van der Waals surface area contributed by atoms with E-state index < -0.39 is 30.2 Å². The molecule has 166 valence electrons. The molecule has 0 aliphatic heterocycles. The number of carbonyl (C=O) groups excluding carboxylic acids is 3. The maximum Gasteiger partial charge on any atom is 0.344 e. The Hall–Kier alpha value is -3.42. The molecule has 0 aliphatic rings. The molecule has 0 heterocycles. The lowest BCUT2D eigenvalue weighted by atomic mass is 9.98. The Kier molecular flexibility index (Phi) is 8.54. The van der Waals surface area contributed by atoms with E-state index in [2.05, 4.69) is 13.8 Å². The van der Waals surface area contributed by atoms with Gasteiger partial charge in [0, 0.05) is 18.7 Å². The van der Waals surface area contributed by atoms with Gasteiger partial charge in [0.25, 0.3) is 5.91 Å². The number of halogens is 1. The summed E-state index contributed by atoms with van der Waals surface area (Å²) in [6.45, 7) is 5.23. The quantitative estimate of drug-likeness (QED) is 0.584. The molecule has 0 atom stereocenters. The molecule has 0 aromatic heterocycles. The molecule has 0 aliphatic carbocycles. The van der Waals surface area contributed by atoms with Crippen LogP contribution in [0.15, 0.2) is 42.5 Å². The Morgan fingerprint density at radius 1 is 1.06 bits per heavy atom. The topological polar surface area (TPSA) is 98.9 Å². The van der Waals surface area contributed by atoms with Crippen LogP contribution in [0.1, 0.15) is 37.3 Å². The first-order valence-corrected chi connectivity index (χ1v) is 9.90. The monoisotopic (exact) mass is 430 g/mol. The minimum Gasteiger partial charge on any atom is -0.482 e. The van der Waals surface area contributed by atoms with Crippen LogP contribution in [-0.4, -0.2) is 37.5 Å². The number of hydrogen-bond donors (Lipinski definition) is 1. The van der Waals surface area contributed by atoms with Crippen LogP contribution in [0.3, 0.4) is 0 Å². The van der Waals surface area contributed by atoms with Crippen molar-refractivity contribution in [3.05, 3.63) is 59.4 Å². The SMILES string of the molecule is Cc1cc(OCC(=O)OCC(=O)N(CCC(N)=O)c2ccc(F)cc2)ccc1C(C)C. The number of primary amides is 1. The Bertz CT molecular complexity index is 928. The van der Waals surface area contributed by atoms with Gasteiger partial charge in [-0.25, -0.2) is 9.18 Å². The molecule has 0 spiro atoms. The van der Waals surface area contributed by atoms with E-state index in [-0.39, 0.29) is 19.6 Å². The molecule has 0 bridgehead atoms. The highest BCUT2D eigenvalue weighted by molar-refractivity contribution is 5.95. The average Bonchev–Trinajstić information content (AvgIpc) is 2.71. The van der Waals surface area contributed by atoms with Crippen molar-refractivity contribution >= 4 is 23.5 Å². The molecule has 0 saturated carbocycles. The molecular formula is C23H27FN2O5. The highest BCUT2D eigenvalue weighted by Gasteiger charge is 2.19. The number of benzene rings is 2. The third-order valence-electron chi connectivity index (χ3n) is 4.60. The number of amides is 2. The number of ether oxygens (including phenoxy) is 2. The van der Waals surface area contributed by atoms with Gasteiger partial charge in [0.1, 0.15) is 11.6 Å². The van der Waals surface area contributed by atoms with E-state index in [0.717, 1.165) is 5.56 Å². The van der Waals surface area contributed by atoms with Gasteiger partial charge in [-0.15, -0.1) is 0 Å². The number of nitrogens with zero attached hydrogens (tertiary/aromatic N) is 1. The lowest BCUT2D eigenvalue weighted by Crippen LogP contribution is -2.37. The lowest BCUT2D eigenvalue weighted by Gasteiger charge is -2.22. The van der Waals surface area contributed by atoms with E-state index in [4.69, 9.17) is 15.2 Å². The van der Waals surface area contributed by atoms with Crippen LogP contribution in [0.5, 0.6) is 5.75 Å². The summed E-state index contributed by atoms with van der Waals surface area (Å²) in [5, 5.41) is 0. The molecule has 2 aromatic rings. The summed E-state index contributed by atoms with van der Waals surface area (Å²) < 4.78 is 23.6. The zero-order chi connectivity index (χ0) is 23.0. The number of esters is 1. The summed E-state index contributed by atoms with van der Waals surface area (Å²) in [6.07, 6.45) is -0.0914. The number of aryl methyl sites for hydroxylation is 1. The minimum atomic E-state index is -0.715. The molecule has 0 unspecified atom stereocenters. The van der Waals surface area contributed by atoms with E-state index in [0.29, 0.717) is 17.4 Å². The van der Waals surface area contributed by atoms with Crippen molar-refractivity contribution in [2.24, 2.45) is 5.73 Å². The highest BCUT2D eigenvalue weighted by atomic mass is 19.1. The predicted octanol–water partition coefficient (Wildman–Crippen LogP) is 3.09. The average molecular weight is 430 g/mol. The van der Waals surface area contributed by atoms with Crippen molar-refractivity contribution in [2.75, 3.05) is 24.7 Å². The van der Waals surface area contributed by atoms with Crippen LogP contribution in [0.4, 0.5) is 10.1 Å². The number of hydrogen-bond acceptors (Lipinski definition) is 5. The summed E-state index contributed by atoms with van der Waals surface area (Å²) in [6, 6.07) is 10.7. The highest BCUT2D eigenvalue weighted by Crippen LogP contribution is 2.23. The number of rotatable bonds is 10. The molecule has 0 saturated heterocycles. The van der Waals surface area contributed by atoms with Crippen LogP contribution in [-0.2, 0) is 19.1 Å². The molecule has 8 heteroatoms. The van der Waals surface area contributed by atoms with Gasteiger partial charge in [-0.3, -0.25) is 9.59 Å². The van der Waals surface area contributed by atoms with Gasteiger partial charge in [0.15, 0.2) is 13.2 Å². The molecular weight excluding hydrogens is 403 g/mol.